The van der Waals surface area contributed by atoms with E-state index in [1.165, 1.54) is 15.6 Å². The summed E-state index contributed by atoms with van der Waals surface area (Å²) >= 11 is 1.23. The zero-order valence-electron chi connectivity index (χ0n) is 18.0. The first kappa shape index (κ1) is 22.3. The van der Waals surface area contributed by atoms with E-state index in [-0.39, 0.29) is 23.5 Å². The Labute approximate surface area is 188 Å². The van der Waals surface area contributed by atoms with Crippen molar-refractivity contribution in [3.63, 3.8) is 0 Å². The van der Waals surface area contributed by atoms with Crippen LogP contribution in [0.3, 0.4) is 0 Å². The van der Waals surface area contributed by atoms with Crippen molar-refractivity contribution in [3.8, 4) is 5.75 Å². The molecule has 8 heteroatoms. The van der Waals surface area contributed by atoms with Gasteiger partial charge in [-0.1, -0.05) is 38.1 Å². The third-order valence-corrected chi connectivity index (χ3v) is 9.99. The Bertz CT molecular complexity index is 1010. The summed E-state index contributed by atoms with van der Waals surface area (Å²) in [4.78, 5) is 13.1. The van der Waals surface area contributed by atoms with Gasteiger partial charge in [0, 0.05) is 31.0 Å². The Morgan fingerprint density at radius 1 is 1.16 bits per heavy atom. The van der Waals surface area contributed by atoms with Gasteiger partial charge in [0.05, 0.1) is 6.04 Å². The van der Waals surface area contributed by atoms with Gasteiger partial charge in [-0.05, 0) is 43.2 Å². The summed E-state index contributed by atoms with van der Waals surface area (Å²) in [7, 11) is -3.45. The second-order valence-corrected chi connectivity index (χ2v) is 11.5. The standard InChI is InChI=1S/C23H30N2O4S2/c1-3-23(4-2)16-19(18-8-5-6-9-20(18)29-23)24-22(26)17-11-13-25(14-12-17)31(27,28)21-10-7-15-30-21/h5-10,15,17,19H,3-4,11-14,16H2,1-2H3,(H,24,26). The second-order valence-electron chi connectivity index (χ2n) is 8.41. The highest BCUT2D eigenvalue weighted by atomic mass is 32.2. The average Bonchev–Trinajstić information content (AvgIpc) is 3.35. The van der Waals surface area contributed by atoms with Crippen molar-refractivity contribution in [1.82, 2.24) is 9.62 Å². The van der Waals surface area contributed by atoms with Crippen molar-refractivity contribution < 1.29 is 17.9 Å². The highest BCUT2D eigenvalue weighted by Crippen LogP contribution is 2.42. The van der Waals surface area contributed by atoms with Crippen LogP contribution in [0.5, 0.6) is 5.75 Å². The van der Waals surface area contributed by atoms with E-state index in [0.717, 1.165) is 30.6 Å². The van der Waals surface area contributed by atoms with Crippen molar-refractivity contribution in [3.05, 3.63) is 47.3 Å². The van der Waals surface area contributed by atoms with Crippen LogP contribution in [0.2, 0.25) is 0 Å². The Morgan fingerprint density at radius 2 is 1.87 bits per heavy atom. The van der Waals surface area contributed by atoms with E-state index in [4.69, 9.17) is 4.74 Å². The molecular weight excluding hydrogens is 432 g/mol. The van der Waals surface area contributed by atoms with Gasteiger partial charge in [-0.3, -0.25) is 4.79 Å². The third kappa shape index (κ3) is 4.38. The summed E-state index contributed by atoms with van der Waals surface area (Å²) in [6, 6.07) is 11.2. The number of thiophene rings is 1. The van der Waals surface area contributed by atoms with E-state index in [9.17, 15) is 13.2 Å². The van der Waals surface area contributed by atoms with Crippen LogP contribution in [0.1, 0.15) is 57.6 Å². The SMILES string of the molecule is CCC1(CC)CC(NC(=O)C2CCN(S(=O)(=O)c3cccs3)CC2)c2ccccc2O1. The minimum Gasteiger partial charge on any atom is -0.487 e. The van der Waals surface area contributed by atoms with Crippen LogP contribution in [0.4, 0.5) is 0 Å². The molecule has 4 rings (SSSR count). The van der Waals surface area contributed by atoms with Crippen LogP contribution >= 0.6 is 11.3 Å². The lowest BCUT2D eigenvalue weighted by molar-refractivity contribution is -0.127. The van der Waals surface area contributed by atoms with Crippen molar-refractivity contribution >= 4 is 27.3 Å². The van der Waals surface area contributed by atoms with Crippen LogP contribution in [0, 0.1) is 5.92 Å². The first-order chi connectivity index (χ1) is 14.9. The number of nitrogens with one attached hydrogen (secondary N) is 1. The molecule has 31 heavy (non-hydrogen) atoms. The molecule has 2 aromatic rings. The van der Waals surface area contributed by atoms with Crippen LogP contribution in [-0.2, 0) is 14.8 Å². The molecule has 3 heterocycles. The summed E-state index contributed by atoms with van der Waals surface area (Å²) in [6.45, 7) is 4.99. The monoisotopic (exact) mass is 462 g/mol. The van der Waals surface area contributed by atoms with E-state index < -0.39 is 10.0 Å². The number of piperidine rings is 1. The lowest BCUT2D eigenvalue weighted by Gasteiger charge is -2.42. The van der Waals surface area contributed by atoms with Gasteiger partial charge in [0.25, 0.3) is 10.0 Å². The molecule has 2 aliphatic heterocycles. The number of hydrogen-bond acceptors (Lipinski definition) is 5. The number of carbonyl (C=O) groups excluding carboxylic acids is 1. The van der Waals surface area contributed by atoms with E-state index in [2.05, 4.69) is 19.2 Å². The molecule has 0 aliphatic carbocycles. The number of para-hydroxylation sites is 1. The van der Waals surface area contributed by atoms with Gasteiger partial charge < -0.3 is 10.1 Å². The first-order valence-corrected chi connectivity index (χ1v) is 13.3. The summed E-state index contributed by atoms with van der Waals surface area (Å²) in [5, 5.41) is 5.03. The van der Waals surface area contributed by atoms with Crippen LogP contribution < -0.4 is 10.1 Å². The minimum atomic E-state index is -3.45. The molecule has 1 N–H and O–H groups in total. The smallest absolute Gasteiger partial charge is 0.252 e. The zero-order chi connectivity index (χ0) is 22.1. The molecule has 1 unspecified atom stereocenters. The molecule has 0 radical (unpaired) electrons. The van der Waals surface area contributed by atoms with Crippen molar-refractivity contribution in [2.75, 3.05) is 13.1 Å². The molecule has 1 fully saturated rings. The fraction of sp³-hybridized carbons (Fsp3) is 0.522. The maximum Gasteiger partial charge on any atom is 0.252 e. The molecule has 1 atom stereocenters. The van der Waals surface area contributed by atoms with Gasteiger partial charge in [0.1, 0.15) is 15.6 Å². The molecule has 0 spiro atoms. The number of benzene rings is 1. The maximum atomic E-state index is 13.1. The molecular formula is C23H30N2O4S2. The number of sulfonamides is 1. The lowest BCUT2D eigenvalue weighted by Crippen LogP contribution is -2.47. The summed E-state index contributed by atoms with van der Waals surface area (Å²) < 4.78 is 33.7. The van der Waals surface area contributed by atoms with E-state index >= 15 is 0 Å². The number of rotatable bonds is 6. The predicted octanol–water partition coefficient (Wildman–Crippen LogP) is 4.35. The number of fused-ring (bicyclic) bond motifs is 1. The van der Waals surface area contributed by atoms with Crippen LogP contribution in [0.15, 0.2) is 46.0 Å². The van der Waals surface area contributed by atoms with Gasteiger partial charge in [-0.15, -0.1) is 11.3 Å². The molecule has 1 saturated heterocycles. The topological polar surface area (TPSA) is 75.7 Å². The molecule has 1 aromatic carbocycles. The number of nitrogens with zero attached hydrogens (tertiary/aromatic N) is 1. The number of hydrogen-bond donors (Lipinski definition) is 1. The molecule has 1 amide bonds. The third-order valence-electron chi connectivity index (χ3n) is 6.72. The molecule has 2 aliphatic rings. The Morgan fingerprint density at radius 3 is 2.52 bits per heavy atom. The fourth-order valence-electron chi connectivity index (χ4n) is 4.62. The van der Waals surface area contributed by atoms with Gasteiger partial charge in [-0.25, -0.2) is 8.42 Å². The van der Waals surface area contributed by atoms with Gasteiger partial charge in [-0.2, -0.15) is 4.31 Å². The van der Waals surface area contributed by atoms with Gasteiger partial charge in [0.2, 0.25) is 5.91 Å². The molecule has 6 nitrogen and oxygen atoms in total. The number of ether oxygens (including phenoxy) is 1. The average molecular weight is 463 g/mol. The Kier molecular flexibility index (Phi) is 6.42. The van der Waals surface area contributed by atoms with Crippen molar-refractivity contribution in [1.29, 1.82) is 0 Å². The Balaban J connectivity index is 1.43. The highest BCUT2D eigenvalue weighted by molar-refractivity contribution is 7.91. The maximum absolute atomic E-state index is 13.1. The normalized spacial score (nSPS) is 21.8. The van der Waals surface area contributed by atoms with Gasteiger partial charge >= 0.3 is 0 Å². The number of carbonyl (C=O) groups is 1. The van der Waals surface area contributed by atoms with E-state index in [0.29, 0.717) is 30.1 Å². The first-order valence-electron chi connectivity index (χ1n) is 11.0. The predicted molar refractivity (Wildman–Crippen MR) is 122 cm³/mol. The number of amides is 1. The molecule has 0 bridgehead atoms. The minimum absolute atomic E-state index is 0.0102. The fourth-order valence-corrected chi connectivity index (χ4v) is 7.23. The zero-order valence-corrected chi connectivity index (χ0v) is 19.7. The Hall–Kier alpha value is -1.90. The van der Waals surface area contributed by atoms with E-state index in [1.807, 2.05) is 24.3 Å². The highest BCUT2D eigenvalue weighted by Gasteiger charge is 2.40. The second kappa shape index (κ2) is 8.92. The lowest BCUT2D eigenvalue weighted by atomic mass is 9.83. The summed E-state index contributed by atoms with van der Waals surface area (Å²) in [6.07, 6.45) is 3.57. The van der Waals surface area contributed by atoms with Crippen LogP contribution in [0.25, 0.3) is 0 Å². The van der Waals surface area contributed by atoms with Crippen molar-refractivity contribution in [2.24, 2.45) is 5.92 Å². The van der Waals surface area contributed by atoms with Crippen molar-refractivity contribution in [2.45, 2.75) is 61.8 Å². The van der Waals surface area contributed by atoms with Gasteiger partial charge in [0.15, 0.2) is 0 Å². The van der Waals surface area contributed by atoms with Crippen LogP contribution in [-0.4, -0.2) is 37.3 Å². The summed E-state index contributed by atoms with van der Waals surface area (Å²) in [5.41, 5.74) is 0.746. The largest absolute Gasteiger partial charge is 0.487 e. The quantitative estimate of drug-likeness (QED) is 0.693. The summed E-state index contributed by atoms with van der Waals surface area (Å²) in [5.74, 6) is 0.679. The molecule has 1 aromatic heterocycles. The van der Waals surface area contributed by atoms with E-state index in [1.54, 1.807) is 17.5 Å². The molecule has 168 valence electrons. The molecule has 0 saturated carbocycles.